The lowest BCUT2D eigenvalue weighted by Crippen LogP contribution is -2.45. The molecule has 1 unspecified atom stereocenters. The maximum Gasteiger partial charge on any atom is 0.326 e. The molecule has 3 aromatic carbocycles. The number of rotatable bonds is 13. The van der Waals surface area contributed by atoms with Crippen LogP contribution in [0.5, 0.6) is 0 Å². The Labute approximate surface area is 278 Å². The Bertz CT molecular complexity index is 1600. The zero-order valence-electron chi connectivity index (χ0n) is 27.4. The van der Waals surface area contributed by atoms with Gasteiger partial charge in [-0.05, 0) is 96.0 Å². The molecule has 46 heavy (non-hydrogen) atoms. The molecule has 0 radical (unpaired) electrons. The van der Waals surface area contributed by atoms with Crippen LogP contribution < -0.4 is 5.32 Å². The van der Waals surface area contributed by atoms with Gasteiger partial charge in [-0.2, -0.15) is 16.1 Å². The Hall–Kier alpha value is -3.18. The standard InChI is InChI=1S/C36H46N2O6S2/c1-25-11-9-10-14-29(25)31-23-26(15-16-30(31)34(39)37-32(35(40)41)19-22-45-5)24-44-33(36(2,3)4)27-17-20-38(21-18-27)46(42,43)28-12-7-6-8-13-28/h6-16,23,27,32-33H,17-22,24H2,1-5H3,(H,37,39)(H,40,41)/t32-,33?/m0/s1. The number of ether oxygens (including phenoxy) is 1. The highest BCUT2D eigenvalue weighted by Crippen LogP contribution is 2.36. The minimum Gasteiger partial charge on any atom is -0.480 e. The molecule has 8 nitrogen and oxygen atoms in total. The predicted octanol–water partition coefficient (Wildman–Crippen LogP) is 6.63. The van der Waals surface area contributed by atoms with Crippen LogP contribution in [-0.2, 0) is 26.2 Å². The average molecular weight is 667 g/mol. The van der Waals surface area contributed by atoms with Crippen LogP contribution in [0.3, 0.4) is 0 Å². The number of amides is 1. The van der Waals surface area contributed by atoms with Crippen molar-refractivity contribution < 1.29 is 27.9 Å². The Balaban J connectivity index is 1.53. The number of carbonyl (C=O) groups is 2. The highest BCUT2D eigenvalue weighted by atomic mass is 32.2. The molecule has 1 saturated heterocycles. The van der Waals surface area contributed by atoms with Gasteiger partial charge in [0.25, 0.3) is 5.91 Å². The van der Waals surface area contributed by atoms with E-state index in [9.17, 15) is 23.1 Å². The van der Waals surface area contributed by atoms with Crippen LogP contribution in [0.25, 0.3) is 11.1 Å². The van der Waals surface area contributed by atoms with E-state index >= 15 is 0 Å². The Morgan fingerprint density at radius 1 is 1.00 bits per heavy atom. The first-order valence-corrected chi connectivity index (χ1v) is 18.5. The summed E-state index contributed by atoms with van der Waals surface area (Å²) in [5.41, 5.74) is 3.73. The molecule has 1 amide bonds. The van der Waals surface area contributed by atoms with Crippen molar-refractivity contribution in [2.45, 2.75) is 70.6 Å². The van der Waals surface area contributed by atoms with Crippen molar-refractivity contribution in [3.05, 3.63) is 89.5 Å². The molecule has 1 heterocycles. The molecule has 2 N–H and O–H groups in total. The summed E-state index contributed by atoms with van der Waals surface area (Å²) < 4.78 is 34.6. The molecule has 0 bridgehead atoms. The van der Waals surface area contributed by atoms with Crippen LogP contribution in [0, 0.1) is 18.3 Å². The zero-order chi connectivity index (χ0) is 33.5. The van der Waals surface area contributed by atoms with Crippen LogP contribution >= 0.6 is 11.8 Å². The number of carboxylic acid groups (broad SMARTS) is 1. The number of sulfonamides is 1. The van der Waals surface area contributed by atoms with E-state index in [0.29, 0.717) is 55.2 Å². The SMILES string of the molecule is CSCC[C@H](NC(=O)c1ccc(COC(C2CCN(S(=O)(=O)c3ccccc3)CC2)C(C)(C)C)cc1-c1ccccc1C)C(=O)O. The molecule has 1 fully saturated rings. The van der Waals surface area contributed by atoms with Crippen molar-refractivity contribution in [3.63, 3.8) is 0 Å². The van der Waals surface area contributed by atoms with Crippen molar-refractivity contribution in [2.24, 2.45) is 11.3 Å². The molecular weight excluding hydrogens is 621 g/mol. The average Bonchev–Trinajstić information content (AvgIpc) is 3.03. The summed E-state index contributed by atoms with van der Waals surface area (Å²) in [7, 11) is -3.54. The first kappa shape index (κ1) is 35.7. The number of aliphatic carboxylic acids is 1. The van der Waals surface area contributed by atoms with E-state index in [0.717, 1.165) is 22.3 Å². The van der Waals surface area contributed by atoms with Gasteiger partial charge in [0, 0.05) is 18.7 Å². The van der Waals surface area contributed by atoms with E-state index in [1.54, 1.807) is 34.6 Å². The number of hydrogen-bond donors (Lipinski definition) is 2. The predicted molar refractivity (Wildman–Crippen MR) is 184 cm³/mol. The van der Waals surface area contributed by atoms with Crippen molar-refractivity contribution in [1.82, 2.24) is 9.62 Å². The van der Waals surface area contributed by atoms with E-state index in [1.807, 2.05) is 55.6 Å². The van der Waals surface area contributed by atoms with E-state index in [1.165, 1.54) is 11.8 Å². The molecule has 10 heteroatoms. The first-order valence-electron chi connectivity index (χ1n) is 15.7. The molecule has 1 aliphatic rings. The van der Waals surface area contributed by atoms with Crippen LogP contribution in [0.2, 0.25) is 0 Å². The first-order chi connectivity index (χ1) is 21.8. The summed E-state index contributed by atoms with van der Waals surface area (Å²) in [6, 6.07) is 21.0. The van der Waals surface area contributed by atoms with Gasteiger partial charge in [0.2, 0.25) is 10.0 Å². The monoisotopic (exact) mass is 666 g/mol. The van der Waals surface area contributed by atoms with Crippen LogP contribution in [-0.4, -0.2) is 66.9 Å². The summed E-state index contributed by atoms with van der Waals surface area (Å²) in [4.78, 5) is 25.6. The molecule has 0 aliphatic carbocycles. The van der Waals surface area contributed by atoms with Gasteiger partial charge in [-0.1, -0.05) is 69.3 Å². The summed E-state index contributed by atoms with van der Waals surface area (Å²) in [5, 5.41) is 12.4. The number of carbonyl (C=O) groups excluding carboxylic acids is 1. The van der Waals surface area contributed by atoms with Gasteiger partial charge in [-0.25, -0.2) is 13.2 Å². The minimum absolute atomic E-state index is 0.119. The van der Waals surface area contributed by atoms with Gasteiger partial charge in [-0.3, -0.25) is 4.79 Å². The molecule has 3 aromatic rings. The second-order valence-corrected chi connectivity index (χ2v) is 15.9. The lowest BCUT2D eigenvalue weighted by atomic mass is 9.77. The summed E-state index contributed by atoms with van der Waals surface area (Å²) in [5.74, 6) is -0.683. The molecule has 4 rings (SSSR count). The van der Waals surface area contributed by atoms with E-state index in [2.05, 4.69) is 26.1 Å². The second-order valence-electron chi connectivity index (χ2n) is 13.0. The maximum absolute atomic E-state index is 13.5. The van der Waals surface area contributed by atoms with Gasteiger partial charge < -0.3 is 15.2 Å². The van der Waals surface area contributed by atoms with Crippen molar-refractivity contribution in [3.8, 4) is 11.1 Å². The fourth-order valence-corrected chi connectivity index (χ4v) is 8.11. The topological polar surface area (TPSA) is 113 Å². The molecule has 0 aromatic heterocycles. The third-order valence-electron chi connectivity index (χ3n) is 8.57. The second kappa shape index (κ2) is 15.6. The normalized spacial score (nSPS) is 16.1. The molecule has 0 spiro atoms. The fourth-order valence-electron chi connectivity index (χ4n) is 6.15. The Morgan fingerprint density at radius 3 is 2.26 bits per heavy atom. The van der Waals surface area contributed by atoms with Gasteiger partial charge in [0.05, 0.1) is 17.6 Å². The van der Waals surface area contributed by atoms with Gasteiger partial charge in [-0.15, -0.1) is 0 Å². The summed E-state index contributed by atoms with van der Waals surface area (Å²) in [6.07, 6.45) is 3.51. The van der Waals surface area contributed by atoms with Gasteiger partial charge in [0.15, 0.2) is 0 Å². The quantitative estimate of drug-likeness (QED) is 0.211. The summed E-state index contributed by atoms with van der Waals surface area (Å²) in [6.45, 7) is 9.61. The number of hydrogen-bond acceptors (Lipinski definition) is 6. The number of carboxylic acids is 1. The number of benzene rings is 3. The van der Waals surface area contributed by atoms with E-state index < -0.39 is 27.9 Å². The van der Waals surface area contributed by atoms with Crippen LogP contribution in [0.1, 0.15) is 61.5 Å². The molecule has 0 saturated carbocycles. The molecule has 2 atom stereocenters. The van der Waals surface area contributed by atoms with Gasteiger partial charge in [0.1, 0.15) is 6.04 Å². The Kier molecular flexibility index (Phi) is 12.1. The third-order valence-corrected chi connectivity index (χ3v) is 11.1. The highest BCUT2D eigenvalue weighted by Gasteiger charge is 2.38. The lowest BCUT2D eigenvalue weighted by molar-refractivity contribution is -0.139. The minimum atomic E-state index is -3.54. The van der Waals surface area contributed by atoms with E-state index in [-0.39, 0.29) is 17.4 Å². The number of piperidine rings is 1. The lowest BCUT2D eigenvalue weighted by Gasteiger charge is -2.41. The maximum atomic E-state index is 13.5. The smallest absolute Gasteiger partial charge is 0.326 e. The number of thioether (sulfide) groups is 1. The number of nitrogens with one attached hydrogen (secondary N) is 1. The van der Waals surface area contributed by atoms with Crippen LogP contribution in [0.4, 0.5) is 0 Å². The van der Waals surface area contributed by atoms with Gasteiger partial charge >= 0.3 is 5.97 Å². The molecular formula is C36H46N2O6S2. The molecule has 248 valence electrons. The van der Waals surface area contributed by atoms with Crippen LogP contribution in [0.15, 0.2) is 77.7 Å². The largest absolute Gasteiger partial charge is 0.480 e. The Morgan fingerprint density at radius 2 is 1.65 bits per heavy atom. The zero-order valence-corrected chi connectivity index (χ0v) is 29.0. The summed E-state index contributed by atoms with van der Waals surface area (Å²) >= 11 is 1.54. The third kappa shape index (κ3) is 8.79. The number of nitrogens with zero attached hydrogens (tertiary/aromatic N) is 1. The van der Waals surface area contributed by atoms with Crippen molar-refractivity contribution >= 4 is 33.7 Å². The van der Waals surface area contributed by atoms with E-state index in [4.69, 9.17) is 4.74 Å². The fraction of sp³-hybridized carbons (Fsp3) is 0.444. The highest BCUT2D eigenvalue weighted by molar-refractivity contribution is 7.98. The van der Waals surface area contributed by atoms with Crippen molar-refractivity contribution in [2.75, 3.05) is 25.1 Å². The number of aryl methyl sites for hydroxylation is 1. The molecule has 1 aliphatic heterocycles. The van der Waals surface area contributed by atoms with Crippen molar-refractivity contribution in [1.29, 1.82) is 0 Å².